The maximum absolute atomic E-state index is 14.6. The van der Waals surface area contributed by atoms with Gasteiger partial charge in [-0.2, -0.15) is 0 Å². The fraction of sp³-hybridized carbons (Fsp3) is 0.660. The molecule has 0 saturated carbocycles. The molecule has 1 saturated heterocycles. The summed E-state index contributed by atoms with van der Waals surface area (Å²) in [4.78, 5) is 91.5. The largest absolute Gasteiger partial charge is 0.480 e. The molecular formula is C50H78N6O10S2. The van der Waals surface area contributed by atoms with Crippen LogP contribution in [0.25, 0.3) is 0 Å². The highest BCUT2D eigenvalue weighted by molar-refractivity contribution is 8.76. The van der Waals surface area contributed by atoms with E-state index in [1.54, 1.807) is 52.9 Å². The van der Waals surface area contributed by atoms with E-state index in [4.69, 9.17) is 14.2 Å². The first kappa shape index (κ1) is 57.9. The number of hydrogen-bond donors (Lipinski definition) is 3. The lowest BCUT2D eigenvalue weighted by Crippen LogP contribution is -2.60. The number of likely N-dealkylation sites (N-methyl/N-ethyl adjacent to an activating group) is 2. The van der Waals surface area contributed by atoms with E-state index >= 15 is 0 Å². The number of rotatable bonds is 27. The third-order valence-electron chi connectivity index (χ3n) is 13.0. The highest BCUT2D eigenvalue weighted by atomic mass is 33.1. The van der Waals surface area contributed by atoms with Crippen molar-refractivity contribution in [2.24, 2.45) is 29.6 Å². The van der Waals surface area contributed by atoms with Crippen LogP contribution in [0.15, 0.2) is 59.8 Å². The van der Waals surface area contributed by atoms with Gasteiger partial charge in [0.25, 0.3) is 0 Å². The van der Waals surface area contributed by atoms with Gasteiger partial charge in [0.1, 0.15) is 29.8 Å². The second-order valence-corrected chi connectivity index (χ2v) is 21.4. The fourth-order valence-corrected chi connectivity index (χ4v) is 11.4. The molecule has 68 heavy (non-hydrogen) atoms. The van der Waals surface area contributed by atoms with Crippen LogP contribution >= 0.6 is 21.6 Å². The Labute approximate surface area is 412 Å². The Morgan fingerprint density at radius 2 is 1.51 bits per heavy atom. The van der Waals surface area contributed by atoms with Gasteiger partial charge in [0.15, 0.2) is 0 Å². The Hall–Kier alpha value is -4.39. The maximum atomic E-state index is 14.6. The van der Waals surface area contributed by atoms with Crippen LogP contribution in [0.3, 0.4) is 0 Å². The van der Waals surface area contributed by atoms with Gasteiger partial charge in [-0.15, -0.1) is 0 Å². The van der Waals surface area contributed by atoms with Crippen LogP contribution in [-0.2, 0) is 44.6 Å². The summed E-state index contributed by atoms with van der Waals surface area (Å²) in [5.74, 6) is -4.16. The van der Waals surface area contributed by atoms with E-state index in [0.717, 1.165) is 10.6 Å². The number of carboxylic acids is 1. The topological polar surface area (TPSA) is 197 Å². The van der Waals surface area contributed by atoms with Gasteiger partial charge < -0.3 is 39.8 Å². The molecule has 5 amide bonds. The van der Waals surface area contributed by atoms with E-state index in [1.165, 1.54) is 37.0 Å². The zero-order chi connectivity index (χ0) is 50.8. The Bertz CT molecular complexity index is 1910. The summed E-state index contributed by atoms with van der Waals surface area (Å²) in [6.07, 6.45) is 1.53. The van der Waals surface area contributed by atoms with Crippen molar-refractivity contribution in [2.45, 2.75) is 147 Å². The molecule has 380 valence electrons. The molecule has 10 atom stereocenters. The lowest BCUT2D eigenvalue weighted by Gasteiger charge is -2.41. The van der Waals surface area contributed by atoms with Crippen molar-refractivity contribution in [1.29, 1.82) is 0 Å². The predicted molar refractivity (Wildman–Crippen MR) is 267 cm³/mol. The van der Waals surface area contributed by atoms with Gasteiger partial charge in [0.2, 0.25) is 23.6 Å². The monoisotopic (exact) mass is 987 g/mol. The van der Waals surface area contributed by atoms with Gasteiger partial charge in [-0.25, -0.2) is 14.6 Å². The third kappa shape index (κ3) is 16.4. The molecule has 1 aromatic heterocycles. The van der Waals surface area contributed by atoms with E-state index in [0.29, 0.717) is 25.8 Å². The molecule has 1 aliphatic heterocycles. The Balaban J connectivity index is 1.75. The van der Waals surface area contributed by atoms with Gasteiger partial charge in [0.05, 0.1) is 41.9 Å². The van der Waals surface area contributed by atoms with Crippen molar-refractivity contribution in [3.63, 3.8) is 0 Å². The molecule has 18 heteroatoms. The molecule has 1 aliphatic rings. The van der Waals surface area contributed by atoms with Crippen LogP contribution < -0.4 is 10.6 Å². The number of carboxylic acid groups (broad SMARTS) is 1. The molecule has 2 heterocycles. The molecule has 16 nitrogen and oxygen atoms in total. The number of likely N-dealkylation sites (tertiary alicyclic amines) is 1. The van der Waals surface area contributed by atoms with Crippen molar-refractivity contribution in [2.75, 3.05) is 41.5 Å². The molecule has 0 spiro atoms. The first-order chi connectivity index (χ1) is 32.2. The number of carbonyl (C=O) groups is 6. The summed E-state index contributed by atoms with van der Waals surface area (Å²) in [6, 6.07) is 10.6. The van der Waals surface area contributed by atoms with Crippen molar-refractivity contribution in [1.82, 2.24) is 30.3 Å². The van der Waals surface area contributed by atoms with E-state index in [9.17, 15) is 33.9 Å². The Kier molecular flexibility index (Phi) is 24.1. The van der Waals surface area contributed by atoms with Crippen LogP contribution in [0.4, 0.5) is 4.79 Å². The predicted octanol–water partition coefficient (Wildman–Crippen LogP) is 6.81. The second-order valence-electron chi connectivity index (χ2n) is 18.9. The zero-order valence-electron chi connectivity index (χ0n) is 42.4. The summed E-state index contributed by atoms with van der Waals surface area (Å²) in [6.45, 7) is 17.7. The van der Waals surface area contributed by atoms with Crippen molar-refractivity contribution >= 4 is 57.3 Å². The van der Waals surface area contributed by atoms with Crippen molar-refractivity contribution in [3.8, 4) is 0 Å². The van der Waals surface area contributed by atoms with E-state index < -0.39 is 72.2 Å². The number of amides is 5. The molecule has 0 bridgehead atoms. The number of benzene rings is 1. The number of carbonyl (C=O) groups excluding carboxylic acids is 5. The number of aliphatic carboxylic acids is 1. The molecule has 1 fully saturated rings. The minimum Gasteiger partial charge on any atom is -0.480 e. The highest BCUT2D eigenvalue weighted by Gasteiger charge is 2.44. The van der Waals surface area contributed by atoms with Gasteiger partial charge in [-0.05, 0) is 65.0 Å². The van der Waals surface area contributed by atoms with Crippen LogP contribution in [0, 0.1) is 29.6 Å². The molecule has 3 N–H and O–H groups in total. The molecule has 0 radical (unpaired) electrons. The first-order valence-electron chi connectivity index (χ1n) is 23.8. The average molecular weight is 987 g/mol. The number of methoxy groups -OCH3 is 2. The number of aromatic nitrogens is 1. The third-order valence-corrected chi connectivity index (χ3v) is 16.0. The summed E-state index contributed by atoms with van der Waals surface area (Å²) >= 11 is 0. The van der Waals surface area contributed by atoms with Gasteiger partial charge in [-0.1, -0.05) is 116 Å². The van der Waals surface area contributed by atoms with E-state index in [-0.39, 0.29) is 60.2 Å². The van der Waals surface area contributed by atoms with Gasteiger partial charge >= 0.3 is 12.1 Å². The number of pyridine rings is 1. The summed E-state index contributed by atoms with van der Waals surface area (Å²) in [5, 5.41) is 16.4. The first-order valence-corrected chi connectivity index (χ1v) is 26.0. The minimum atomic E-state index is -1.16. The van der Waals surface area contributed by atoms with E-state index in [1.807, 2.05) is 77.9 Å². The molecule has 1 unspecified atom stereocenters. The highest BCUT2D eigenvalue weighted by Crippen LogP contribution is 2.36. The smallest absolute Gasteiger partial charge is 0.410 e. The summed E-state index contributed by atoms with van der Waals surface area (Å²) in [7, 11) is 9.27. The van der Waals surface area contributed by atoms with Crippen LogP contribution in [-0.4, -0.2) is 150 Å². The van der Waals surface area contributed by atoms with E-state index in [2.05, 4.69) is 29.5 Å². The summed E-state index contributed by atoms with van der Waals surface area (Å²) in [5.41, 5.74) is 0.768. The normalized spacial score (nSPS) is 17.9. The zero-order valence-corrected chi connectivity index (χ0v) is 44.0. The molecule has 2 aromatic rings. The molecule has 3 rings (SSSR count). The van der Waals surface area contributed by atoms with Crippen molar-refractivity contribution < 1.29 is 48.1 Å². The number of hydrogen-bond acceptors (Lipinski definition) is 12. The minimum absolute atomic E-state index is 0.0411. The second kappa shape index (κ2) is 28.3. The lowest BCUT2D eigenvalue weighted by atomic mass is 9.89. The van der Waals surface area contributed by atoms with Gasteiger partial charge in [0, 0.05) is 47.5 Å². The standard InChI is InChI=1S/C50H78N6O10S2/c1-14-33(8)44(38(64-12)28-41(57)56-26-20-23-37(56)45(65-13)34(9)46(58)52-36(49(61)62)27-35-21-16-15-17-22-35)54(10)48(60)42(31(4)5)53-47(59)43(32(6)7)55(11)50(63)66-29-39(30(2)3)67-68-40-24-18-19-25-51-40/h15-19,21-22,24-25,30-34,36-39,42-45H,14,20,23,26-29H2,1-13H3,(H,52,58)(H,53,59)(H,61,62)/t33-,34+,36-,37?,38+,39-,42-,43-,44-,45+/m0/s1. The average Bonchev–Trinajstić information content (AvgIpc) is 3.80. The number of nitrogens with one attached hydrogen (secondary N) is 2. The lowest BCUT2D eigenvalue weighted by molar-refractivity contribution is -0.148. The fourth-order valence-electron chi connectivity index (χ4n) is 8.76. The summed E-state index contributed by atoms with van der Waals surface area (Å²) < 4.78 is 17.7. The maximum Gasteiger partial charge on any atom is 0.410 e. The molecular weight excluding hydrogens is 909 g/mol. The number of nitrogens with zero attached hydrogens (tertiary/aromatic N) is 4. The SMILES string of the molecule is CC[C@H](C)[C@@H]([C@@H](CC(=O)N1CCCC1[C@H](OC)[C@@H](C)C(=O)N[C@@H](Cc1ccccc1)C(=O)O)OC)N(C)C(=O)[C@@H](NC(=O)[C@H](C(C)C)N(C)C(=O)OC[C@H](SSc1ccccn1)C(C)C)C(C)C. The van der Waals surface area contributed by atoms with Crippen LogP contribution in [0.1, 0.15) is 93.6 Å². The van der Waals surface area contributed by atoms with Crippen LogP contribution in [0.2, 0.25) is 0 Å². The molecule has 0 aliphatic carbocycles. The quantitative estimate of drug-likeness (QED) is 0.0791. The number of ether oxygens (including phenoxy) is 3. The molecule has 1 aromatic carbocycles. The Morgan fingerprint density at radius 1 is 0.853 bits per heavy atom. The van der Waals surface area contributed by atoms with Crippen LogP contribution in [0.5, 0.6) is 0 Å². The van der Waals surface area contributed by atoms with Gasteiger partial charge in [-0.3, -0.25) is 24.1 Å². The van der Waals surface area contributed by atoms with Crippen molar-refractivity contribution in [3.05, 3.63) is 60.3 Å². The Morgan fingerprint density at radius 3 is 2.06 bits per heavy atom.